The first-order chi connectivity index (χ1) is 6.55. The van der Waals surface area contributed by atoms with Crippen molar-refractivity contribution in [3.8, 4) is 0 Å². The lowest BCUT2D eigenvalue weighted by Gasteiger charge is -2.27. The standard InChI is InChI=1S/C5H8O7P2/c1-2-8-3-5-4-9-13(6)11-14(7,10-5)12-13/h2,5H,1,3-4H2. The molecule has 0 saturated carbocycles. The van der Waals surface area contributed by atoms with Gasteiger partial charge >= 0.3 is 15.6 Å². The Morgan fingerprint density at radius 1 is 1.43 bits per heavy atom. The van der Waals surface area contributed by atoms with Crippen LogP contribution in [0.15, 0.2) is 12.8 Å². The van der Waals surface area contributed by atoms with Gasteiger partial charge in [0.15, 0.2) is 0 Å². The van der Waals surface area contributed by atoms with Gasteiger partial charge in [0.2, 0.25) is 0 Å². The normalized spacial score (nSPS) is 46.1. The maximum absolute atomic E-state index is 11.3. The van der Waals surface area contributed by atoms with E-state index < -0.39 is 21.7 Å². The van der Waals surface area contributed by atoms with Crippen molar-refractivity contribution in [3.63, 3.8) is 0 Å². The third-order valence-electron chi connectivity index (χ3n) is 1.50. The average Bonchev–Trinajstić information content (AvgIpc) is 2.25. The van der Waals surface area contributed by atoms with Crippen molar-refractivity contribution in [1.29, 1.82) is 0 Å². The van der Waals surface area contributed by atoms with Crippen LogP contribution < -0.4 is 0 Å². The van der Waals surface area contributed by atoms with Crippen molar-refractivity contribution in [2.24, 2.45) is 0 Å². The molecule has 3 heterocycles. The first-order valence-corrected chi connectivity index (χ1v) is 6.66. The van der Waals surface area contributed by atoms with Gasteiger partial charge in [-0.05, 0) is 0 Å². The van der Waals surface area contributed by atoms with E-state index in [2.05, 4.69) is 15.2 Å². The molecule has 3 aliphatic heterocycles. The third-order valence-corrected chi connectivity index (χ3v) is 5.72. The Morgan fingerprint density at radius 3 is 2.79 bits per heavy atom. The van der Waals surface area contributed by atoms with Gasteiger partial charge in [-0.25, -0.2) is 9.13 Å². The zero-order valence-corrected chi connectivity index (χ0v) is 8.82. The number of rotatable bonds is 3. The monoisotopic (exact) mass is 242 g/mol. The molecule has 3 aliphatic rings. The van der Waals surface area contributed by atoms with E-state index in [1.54, 1.807) is 0 Å². The number of phosphoric acid groups is 2. The molecule has 0 aromatic carbocycles. The van der Waals surface area contributed by atoms with Gasteiger partial charge < -0.3 is 4.74 Å². The van der Waals surface area contributed by atoms with Gasteiger partial charge in [0.1, 0.15) is 12.7 Å². The van der Waals surface area contributed by atoms with Crippen LogP contribution in [0.1, 0.15) is 0 Å². The van der Waals surface area contributed by atoms with Crippen LogP contribution in [-0.2, 0) is 31.5 Å². The van der Waals surface area contributed by atoms with Crippen molar-refractivity contribution in [1.82, 2.24) is 0 Å². The molecule has 0 amide bonds. The zero-order valence-electron chi connectivity index (χ0n) is 7.03. The highest BCUT2D eigenvalue weighted by Crippen LogP contribution is 2.84. The van der Waals surface area contributed by atoms with Crippen molar-refractivity contribution >= 4 is 15.6 Å². The van der Waals surface area contributed by atoms with Crippen LogP contribution in [0.2, 0.25) is 0 Å². The lowest BCUT2D eigenvalue weighted by molar-refractivity contribution is 0.0688. The number of fused-ring (bicyclic) bond motifs is 3. The molecule has 0 aromatic rings. The van der Waals surface area contributed by atoms with Crippen LogP contribution in [0.4, 0.5) is 0 Å². The topological polar surface area (TPSA) is 80.3 Å². The highest BCUT2D eigenvalue weighted by molar-refractivity contribution is 7.75. The Bertz CT molecular complexity index is 325. The number of hydrogen-bond acceptors (Lipinski definition) is 7. The molecule has 14 heavy (non-hydrogen) atoms. The summed E-state index contributed by atoms with van der Waals surface area (Å²) in [6.45, 7) is 3.35. The van der Waals surface area contributed by atoms with E-state index in [-0.39, 0.29) is 13.2 Å². The molecular weight excluding hydrogens is 234 g/mol. The third kappa shape index (κ3) is 1.93. The molecule has 1 unspecified atom stereocenters. The second-order valence-corrected chi connectivity index (χ2v) is 6.15. The molecule has 0 aliphatic carbocycles. The van der Waals surface area contributed by atoms with E-state index in [0.717, 1.165) is 0 Å². The Balaban J connectivity index is 2.01. The highest BCUT2D eigenvalue weighted by atomic mass is 31.3. The van der Waals surface area contributed by atoms with Crippen LogP contribution in [0, 0.1) is 0 Å². The van der Waals surface area contributed by atoms with Crippen molar-refractivity contribution in [3.05, 3.63) is 12.8 Å². The second-order valence-electron chi connectivity index (χ2n) is 2.58. The van der Waals surface area contributed by atoms with E-state index in [4.69, 9.17) is 13.8 Å². The number of ether oxygens (including phenoxy) is 1. The van der Waals surface area contributed by atoms with Crippen molar-refractivity contribution in [2.45, 2.75) is 6.10 Å². The number of hydrogen-bond donors (Lipinski definition) is 0. The molecule has 80 valence electrons. The molecule has 7 nitrogen and oxygen atoms in total. The Labute approximate surface area is 80.2 Å². The molecule has 2 bridgehead atoms. The van der Waals surface area contributed by atoms with Gasteiger partial charge in [0.25, 0.3) is 0 Å². The second kappa shape index (κ2) is 3.45. The predicted octanol–water partition coefficient (Wildman–Crippen LogP) is 1.82. The minimum absolute atomic E-state index is 0.0604. The molecule has 3 saturated heterocycles. The summed E-state index contributed by atoms with van der Waals surface area (Å²) in [6.07, 6.45) is 0.565. The van der Waals surface area contributed by atoms with Crippen molar-refractivity contribution < 1.29 is 31.5 Å². The summed E-state index contributed by atoms with van der Waals surface area (Å²) in [5.74, 6) is 0. The van der Waals surface area contributed by atoms with Crippen LogP contribution in [-0.4, -0.2) is 19.3 Å². The maximum Gasteiger partial charge on any atom is 0.493 e. The molecule has 0 N–H and O–H groups in total. The average molecular weight is 242 g/mol. The lowest BCUT2D eigenvalue weighted by Crippen LogP contribution is -2.20. The summed E-state index contributed by atoms with van der Waals surface area (Å²) in [7, 11) is -7.24. The molecule has 3 fully saturated rings. The summed E-state index contributed by atoms with van der Waals surface area (Å²) in [5, 5.41) is 0. The van der Waals surface area contributed by atoms with Crippen LogP contribution in [0.5, 0.6) is 0 Å². The molecule has 0 aromatic heterocycles. The fourth-order valence-electron chi connectivity index (χ4n) is 0.978. The van der Waals surface area contributed by atoms with Gasteiger partial charge in [0.05, 0.1) is 12.9 Å². The molecule has 0 spiro atoms. The van der Waals surface area contributed by atoms with E-state index in [1.165, 1.54) is 6.26 Å². The summed E-state index contributed by atoms with van der Waals surface area (Å²) in [4.78, 5) is 0. The Morgan fingerprint density at radius 2 is 2.14 bits per heavy atom. The summed E-state index contributed by atoms with van der Waals surface area (Å²) >= 11 is 0. The van der Waals surface area contributed by atoms with Gasteiger partial charge in [-0.2, -0.15) is 8.62 Å². The predicted molar refractivity (Wildman–Crippen MR) is 44.4 cm³/mol. The summed E-state index contributed by atoms with van der Waals surface area (Å²) in [5.41, 5.74) is 0. The Kier molecular flexibility index (Phi) is 2.55. The minimum atomic E-state index is -3.65. The van der Waals surface area contributed by atoms with Crippen LogP contribution >= 0.6 is 15.6 Å². The summed E-state index contributed by atoms with van der Waals surface area (Å²) < 4.78 is 45.8. The zero-order chi connectivity index (χ0) is 10.2. The molecule has 0 radical (unpaired) electrons. The quantitative estimate of drug-likeness (QED) is 0.551. The van der Waals surface area contributed by atoms with Gasteiger partial charge in [-0.3, -0.25) is 9.05 Å². The minimum Gasteiger partial charge on any atom is -0.499 e. The van der Waals surface area contributed by atoms with Gasteiger partial charge in [0, 0.05) is 0 Å². The first-order valence-electron chi connectivity index (χ1n) is 3.73. The first kappa shape index (κ1) is 10.4. The van der Waals surface area contributed by atoms with Gasteiger partial charge in [-0.1, -0.05) is 6.58 Å². The maximum atomic E-state index is 11.3. The smallest absolute Gasteiger partial charge is 0.493 e. The van der Waals surface area contributed by atoms with Crippen molar-refractivity contribution in [2.75, 3.05) is 13.2 Å². The SMILES string of the molecule is C=COCC1COP2(=O)OP(=O)(O1)O2. The van der Waals surface area contributed by atoms with E-state index in [1.807, 2.05) is 0 Å². The molecule has 3 rings (SSSR count). The fraction of sp³-hybridized carbons (Fsp3) is 0.600. The van der Waals surface area contributed by atoms with E-state index in [0.29, 0.717) is 0 Å². The Hall–Kier alpha value is -0.160. The molecular formula is C5H8O7P2. The lowest BCUT2D eigenvalue weighted by atomic mass is 10.4. The van der Waals surface area contributed by atoms with E-state index >= 15 is 0 Å². The summed E-state index contributed by atoms with van der Waals surface area (Å²) in [6, 6.07) is 0. The van der Waals surface area contributed by atoms with Crippen LogP contribution in [0.25, 0.3) is 0 Å². The molecule has 9 heteroatoms. The molecule has 1 atom stereocenters. The van der Waals surface area contributed by atoms with Crippen LogP contribution in [0.3, 0.4) is 0 Å². The van der Waals surface area contributed by atoms with E-state index in [9.17, 15) is 9.13 Å². The van der Waals surface area contributed by atoms with Gasteiger partial charge in [-0.15, -0.1) is 0 Å². The largest absolute Gasteiger partial charge is 0.499 e. The fourth-order valence-corrected chi connectivity index (χ4v) is 4.51. The highest BCUT2D eigenvalue weighted by Gasteiger charge is 2.60.